The lowest BCUT2D eigenvalue weighted by Crippen LogP contribution is -2.09. The normalized spacial score (nSPS) is 11.6. The summed E-state index contributed by atoms with van der Waals surface area (Å²) < 4.78 is 0. The van der Waals surface area contributed by atoms with Gasteiger partial charge in [0.1, 0.15) is 0 Å². The Balaban J connectivity index is 1.31. The maximum absolute atomic E-state index is 2.32. The van der Waals surface area contributed by atoms with E-state index < -0.39 is 0 Å². The Bertz CT molecular complexity index is 1920. The number of para-hydroxylation sites is 2. The summed E-state index contributed by atoms with van der Waals surface area (Å²) in [5, 5.41) is 5.09. The van der Waals surface area contributed by atoms with Gasteiger partial charge in [0.25, 0.3) is 0 Å². The van der Waals surface area contributed by atoms with E-state index in [9.17, 15) is 0 Å². The average Bonchev–Trinajstić information content (AvgIpc) is 3.05. The fourth-order valence-corrected chi connectivity index (χ4v) is 5.62. The zero-order valence-corrected chi connectivity index (χ0v) is 22.7. The third-order valence-corrected chi connectivity index (χ3v) is 7.63. The highest BCUT2D eigenvalue weighted by molar-refractivity contribution is 6.08. The fraction of sp³-hybridized carbons (Fsp3) is 0. The Morgan fingerprint density at radius 1 is 0.390 bits per heavy atom. The molecule has 0 heterocycles. The molecule has 0 radical (unpaired) electrons. The first-order chi connectivity index (χ1) is 20.3. The fourth-order valence-electron chi connectivity index (χ4n) is 5.62. The van der Waals surface area contributed by atoms with Crippen LogP contribution in [0.25, 0.3) is 33.2 Å². The van der Waals surface area contributed by atoms with E-state index in [1.807, 2.05) is 0 Å². The molecule has 0 aliphatic rings. The molecule has 41 heavy (non-hydrogen) atoms. The maximum atomic E-state index is 2.32. The van der Waals surface area contributed by atoms with Gasteiger partial charge < -0.3 is 4.90 Å². The van der Waals surface area contributed by atoms with E-state index in [0.29, 0.717) is 0 Å². The van der Waals surface area contributed by atoms with E-state index in [1.54, 1.807) is 0 Å². The zero-order chi connectivity index (χ0) is 27.4. The number of fused-ring (bicyclic) bond motifs is 3. The number of rotatable bonds is 6. The summed E-state index contributed by atoms with van der Waals surface area (Å²) in [6.45, 7) is 0. The van der Waals surface area contributed by atoms with Gasteiger partial charge in [0.15, 0.2) is 0 Å². The second-order valence-electron chi connectivity index (χ2n) is 10.2. The molecule has 0 spiro atoms. The number of hydrogen-bond donors (Lipinski definition) is 0. The summed E-state index contributed by atoms with van der Waals surface area (Å²) in [5.74, 6) is 0. The average molecular weight is 524 g/mol. The topological polar surface area (TPSA) is 3.24 Å². The second kappa shape index (κ2) is 11.0. The highest BCUT2D eigenvalue weighted by atomic mass is 15.1. The molecule has 0 saturated carbocycles. The SMILES string of the molecule is C(=C(c1ccccc1)c1ccc2c(ccc3ccccc32)c1)c1ccc(N(c2ccccc2)c2ccccc2)cc1. The molecular formula is C40H29N. The summed E-state index contributed by atoms with van der Waals surface area (Å²) in [4.78, 5) is 2.29. The van der Waals surface area contributed by atoms with Crippen LogP contribution in [0.5, 0.6) is 0 Å². The van der Waals surface area contributed by atoms with Crippen LogP contribution in [0.1, 0.15) is 16.7 Å². The van der Waals surface area contributed by atoms with Crippen LogP contribution >= 0.6 is 0 Å². The molecule has 0 saturated heterocycles. The van der Waals surface area contributed by atoms with Crippen molar-refractivity contribution in [3.63, 3.8) is 0 Å². The van der Waals surface area contributed by atoms with E-state index >= 15 is 0 Å². The smallest absolute Gasteiger partial charge is 0.0462 e. The van der Waals surface area contributed by atoms with Crippen molar-refractivity contribution in [1.29, 1.82) is 0 Å². The van der Waals surface area contributed by atoms with Gasteiger partial charge in [-0.2, -0.15) is 0 Å². The third-order valence-electron chi connectivity index (χ3n) is 7.63. The Hall–Kier alpha value is -5.40. The molecule has 0 atom stereocenters. The number of nitrogens with zero attached hydrogens (tertiary/aromatic N) is 1. The molecule has 0 aliphatic carbocycles. The van der Waals surface area contributed by atoms with Gasteiger partial charge in [-0.25, -0.2) is 0 Å². The molecule has 0 unspecified atom stereocenters. The van der Waals surface area contributed by atoms with Crippen LogP contribution < -0.4 is 4.90 Å². The molecule has 194 valence electrons. The molecule has 0 amide bonds. The molecule has 0 aliphatic heterocycles. The summed E-state index contributed by atoms with van der Waals surface area (Å²) in [6, 6.07) is 60.5. The predicted molar refractivity (Wildman–Crippen MR) is 176 cm³/mol. The van der Waals surface area contributed by atoms with Crippen molar-refractivity contribution >= 4 is 50.3 Å². The first-order valence-electron chi connectivity index (χ1n) is 14.0. The Morgan fingerprint density at radius 2 is 0.927 bits per heavy atom. The Morgan fingerprint density at radius 3 is 1.61 bits per heavy atom. The summed E-state index contributed by atoms with van der Waals surface area (Å²) >= 11 is 0. The van der Waals surface area contributed by atoms with Gasteiger partial charge in [-0.15, -0.1) is 0 Å². The van der Waals surface area contributed by atoms with Crippen LogP contribution in [0, 0.1) is 0 Å². The van der Waals surface area contributed by atoms with Crippen molar-refractivity contribution in [2.75, 3.05) is 4.90 Å². The van der Waals surface area contributed by atoms with Gasteiger partial charge in [-0.3, -0.25) is 0 Å². The first-order valence-corrected chi connectivity index (χ1v) is 14.0. The lowest BCUT2D eigenvalue weighted by molar-refractivity contribution is 1.28. The summed E-state index contributed by atoms with van der Waals surface area (Å²) in [5.41, 5.74) is 8.17. The van der Waals surface area contributed by atoms with Crippen molar-refractivity contribution in [2.24, 2.45) is 0 Å². The highest BCUT2D eigenvalue weighted by Gasteiger charge is 2.12. The Kier molecular flexibility index (Phi) is 6.61. The second-order valence-corrected chi connectivity index (χ2v) is 10.2. The largest absolute Gasteiger partial charge is 0.311 e. The molecule has 0 aromatic heterocycles. The quantitative estimate of drug-likeness (QED) is 0.155. The first kappa shape index (κ1) is 24.6. The minimum absolute atomic E-state index is 1.12. The van der Waals surface area contributed by atoms with Crippen LogP contribution in [0.4, 0.5) is 17.1 Å². The summed E-state index contributed by atoms with van der Waals surface area (Å²) in [7, 11) is 0. The van der Waals surface area contributed by atoms with E-state index in [-0.39, 0.29) is 0 Å². The molecule has 7 aromatic carbocycles. The van der Waals surface area contributed by atoms with E-state index in [1.165, 1.54) is 38.2 Å². The molecule has 0 fully saturated rings. The van der Waals surface area contributed by atoms with Crippen LogP contribution in [0.2, 0.25) is 0 Å². The molecule has 1 nitrogen and oxygen atoms in total. The highest BCUT2D eigenvalue weighted by Crippen LogP contribution is 2.35. The van der Waals surface area contributed by atoms with Gasteiger partial charge in [0, 0.05) is 17.1 Å². The van der Waals surface area contributed by atoms with Crippen LogP contribution in [0.15, 0.2) is 170 Å². The van der Waals surface area contributed by atoms with Crippen LogP contribution in [-0.2, 0) is 0 Å². The van der Waals surface area contributed by atoms with Crippen molar-refractivity contribution in [3.8, 4) is 0 Å². The van der Waals surface area contributed by atoms with Gasteiger partial charge in [-0.1, -0.05) is 127 Å². The van der Waals surface area contributed by atoms with E-state index in [2.05, 4.69) is 181 Å². The predicted octanol–water partition coefficient (Wildman–Crippen LogP) is 11.1. The number of anilines is 3. The zero-order valence-electron chi connectivity index (χ0n) is 22.7. The van der Waals surface area contributed by atoms with Crippen molar-refractivity contribution in [1.82, 2.24) is 0 Å². The molecule has 7 aromatic rings. The van der Waals surface area contributed by atoms with Gasteiger partial charge in [-0.05, 0) is 92.3 Å². The number of hydrogen-bond acceptors (Lipinski definition) is 1. The number of benzene rings is 7. The van der Waals surface area contributed by atoms with Crippen molar-refractivity contribution < 1.29 is 0 Å². The van der Waals surface area contributed by atoms with Crippen LogP contribution in [-0.4, -0.2) is 0 Å². The molecule has 7 rings (SSSR count). The minimum Gasteiger partial charge on any atom is -0.311 e. The lowest BCUT2D eigenvalue weighted by Gasteiger charge is -2.25. The monoisotopic (exact) mass is 523 g/mol. The third kappa shape index (κ3) is 5.02. The lowest BCUT2D eigenvalue weighted by atomic mass is 9.92. The molecule has 1 heteroatoms. The molecule has 0 N–H and O–H groups in total. The van der Waals surface area contributed by atoms with Gasteiger partial charge in [0.2, 0.25) is 0 Å². The summed E-state index contributed by atoms with van der Waals surface area (Å²) in [6.07, 6.45) is 2.30. The van der Waals surface area contributed by atoms with Gasteiger partial charge in [0.05, 0.1) is 0 Å². The Labute approximate surface area is 241 Å². The van der Waals surface area contributed by atoms with Crippen molar-refractivity contribution in [3.05, 3.63) is 187 Å². The van der Waals surface area contributed by atoms with E-state index in [0.717, 1.165) is 22.6 Å². The van der Waals surface area contributed by atoms with E-state index in [4.69, 9.17) is 0 Å². The van der Waals surface area contributed by atoms with Gasteiger partial charge >= 0.3 is 0 Å². The minimum atomic E-state index is 1.12. The van der Waals surface area contributed by atoms with Crippen LogP contribution in [0.3, 0.4) is 0 Å². The van der Waals surface area contributed by atoms with Crippen molar-refractivity contribution in [2.45, 2.75) is 0 Å². The molecular weight excluding hydrogens is 494 g/mol. The molecule has 0 bridgehead atoms. The maximum Gasteiger partial charge on any atom is 0.0462 e. The standard InChI is InChI=1S/C40H29N/c1-4-12-31(13-5-1)40(34-24-27-39-33(29-34)23-22-32-14-10-11-19-38(32)39)28-30-20-25-37(26-21-30)41(35-15-6-2-7-16-35)36-17-8-3-9-18-36/h1-29H.